The number of hydrogen-bond acceptors (Lipinski definition) is 1. The molecule has 0 fully saturated rings. The Bertz CT molecular complexity index is 416. The average Bonchev–Trinajstić information content (AvgIpc) is 2.26. The van der Waals surface area contributed by atoms with Gasteiger partial charge in [-0.3, -0.25) is 4.79 Å². The second-order valence-corrected chi connectivity index (χ2v) is 6.59. The summed E-state index contributed by atoms with van der Waals surface area (Å²) in [6.07, 6.45) is 1.04. The van der Waals surface area contributed by atoms with Gasteiger partial charge < -0.3 is 5.32 Å². The molecule has 17 heavy (non-hydrogen) atoms. The average molecular weight is 363 g/mol. The summed E-state index contributed by atoms with van der Waals surface area (Å²) in [5.74, 6) is -0.0362. The topological polar surface area (TPSA) is 29.1 Å². The third-order valence-electron chi connectivity index (χ3n) is 2.86. The van der Waals surface area contributed by atoms with Crippen LogP contribution in [0.4, 0.5) is 0 Å². The Morgan fingerprint density at radius 1 is 1.35 bits per heavy atom. The number of benzene rings is 1. The van der Waals surface area contributed by atoms with Crippen molar-refractivity contribution in [3.05, 3.63) is 32.7 Å². The fourth-order valence-electron chi connectivity index (χ4n) is 1.21. The third kappa shape index (κ3) is 4.43. The van der Waals surface area contributed by atoms with Crippen molar-refractivity contribution in [2.75, 3.05) is 6.54 Å². The minimum Gasteiger partial charge on any atom is -0.351 e. The van der Waals surface area contributed by atoms with Gasteiger partial charge in [0.15, 0.2) is 0 Å². The quantitative estimate of drug-likeness (QED) is 0.846. The number of carbonyl (C=O) groups is 1. The maximum atomic E-state index is 12.0. The van der Waals surface area contributed by atoms with Crippen LogP contribution in [0, 0.1) is 5.41 Å². The van der Waals surface area contributed by atoms with E-state index in [1.165, 1.54) is 0 Å². The minimum absolute atomic E-state index is 0.0362. The lowest BCUT2D eigenvalue weighted by atomic mass is 9.90. The molecule has 1 aromatic carbocycles. The second-order valence-electron chi connectivity index (χ2n) is 4.82. The summed E-state index contributed by atoms with van der Waals surface area (Å²) in [6, 6.07) is 5.55. The molecule has 0 saturated heterocycles. The molecule has 0 radical (unpaired) electrons. The van der Waals surface area contributed by atoms with Gasteiger partial charge >= 0.3 is 0 Å². The lowest BCUT2D eigenvalue weighted by molar-refractivity contribution is 0.0935. The van der Waals surface area contributed by atoms with Crippen molar-refractivity contribution in [1.82, 2.24) is 5.32 Å². The zero-order valence-electron chi connectivity index (χ0n) is 10.3. The molecular weight excluding hydrogens is 346 g/mol. The van der Waals surface area contributed by atoms with Gasteiger partial charge in [-0.05, 0) is 46.0 Å². The van der Waals surface area contributed by atoms with Crippen LogP contribution in [0.15, 0.2) is 27.1 Å². The molecule has 0 aliphatic carbocycles. The Hall–Kier alpha value is -0.350. The SMILES string of the molecule is CCC(C)(C)CNC(=O)c1ccc(Br)cc1Br. The van der Waals surface area contributed by atoms with Crippen molar-refractivity contribution in [3.63, 3.8) is 0 Å². The van der Waals surface area contributed by atoms with Gasteiger partial charge in [-0.1, -0.05) is 36.7 Å². The molecule has 2 nitrogen and oxygen atoms in total. The van der Waals surface area contributed by atoms with E-state index in [2.05, 4.69) is 57.9 Å². The number of carbonyl (C=O) groups excluding carboxylic acids is 1. The Morgan fingerprint density at radius 2 is 2.00 bits per heavy atom. The normalized spacial score (nSPS) is 11.4. The van der Waals surface area contributed by atoms with E-state index in [9.17, 15) is 4.79 Å². The third-order valence-corrected chi connectivity index (χ3v) is 4.01. The molecule has 0 spiro atoms. The second kappa shape index (κ2) is 6.01. The fourth-order valence-corrected chi connectivity index (χ4v) is 2.44. The van der Waals surface area contributed by atoms with Gasteiger partial charge in [0.1, 0.15) is 0 Å². The molecule has 0 saturated carbocycles. The van der Waals surface area contributed by atoms with Crippen LogP contribution in [-0.4, -0.2) is 12.5 Å². The highest BCUT2D eigenvalue weighted by Gasteiger charge is 2.17. The summed E-state index contributed by atoms with van der Waals surface area (Å²) >= 11 is 6.76. The van der Waals surface area contributed by atoms with E-state index in [4.69, 9.17) is 0 Å². The Morgan fingerprint density at radius 3 is 2.53 bits per heavy atom. The molecule has 0 bridgehead atoms. The van der Waals surface area contributed by atoms with Gasteiger partial charge in [0, 0.05) is 15.5 Å². The van der Waals surface area contributed by atoms with Crippen LogP contribution in [-0.2, 0) is 0 Å². The highest BCUT2D eigenvalue weighted by molar-refractivity contribution is 9.11. The smallest absolute Gasteiger partial charge is 0.252 e. The molecule has 1 rings (SSSR count). The number of amides is 1. The van der Waals surface area contributed by atoms with Crippen LogP contribution in [0.5, 0.6) is 0 Å². The van der Waals surface area contributed by atoms with Gasteiger partial charge in [-0.25, -0.2) is 0 Å². The zero-order chi connectivity index (χ0) is 13.1. The van der Waals surface area contributed by atoms with Crippen molar-refractivity contribution in [2.24, 2.45) is 5.41 Å². The van der Waals surface area contributed by atoms with Gasteiger partial charge in [0.25, 0.3) is 5.91 Å². The van der Waals surface area contributed by atoms with Crippen molar-refractivity contribution in [2.45, 2.75) is 27.2 Å². The molecule has 1 amide bonds. The molecule has 1 N–H and O–H groups in total. The molecule has 94 valence electrons. The van der Waals surface area contributed by atoms with Gasteiger partial charge in [-0.15, -0.1) is 0 Å². The monoisotopic (exact) mass is 361 g/mol. The number of nitrogens with one attached hydrogen (secondary N) is 1. The van der Waals surface area contributed by atoms with E-state index in [0.717, 1.165) is 15.4 Å². The molecule has 4 heteroatoms. The van der Waals surface area contributed by atoms with Crippen molar-refractivity contribution in [1.29, 1.82) is 0 Å². The molecule has 0 atom stereocenters. The highest BCUT2D eigenvalue weighted by Crippen LogP contribution is 2.22. The van der Waals surface area contributed by atoms with E-state index >= 15 is 0 Å². The summed E-state index contributed by atoms with van der Waals surface area (Å²) in [7, 11) is 0. The number of halogens is 2. The van der Waals surface area contributed by atoms with Crippen LogP contribution < -0.4 is 5.32 Å². The summed E-state index contributed by atoms with van der Waals surface area (Å²) in [5, 5.41) is 2.97. The Kier molecular flexibility index (Phi) is 5.20. The van der Waals surface area contributed by atoms with Gasteiger partial charge in [0.2, 0.25) is 0 Å². The largest absolute Gasteiger partial charge is 0.351 e. The molecule has 0 aliphatic rings. The van der Waals surface area contributed by atoms with Gasteiger partial charge in [0.05, 0.1) is 5.56 Å². The maximum Gasteiger partial charge on any atom is 0.252 e. The van der Waals surface area contributed by atoms with Crippen LogP contribution in [0.1, 0.15) is 37.6 Å². The lowest BCUT2D eigenvalue weighted by Gasteiger charge is -2.23. The first-order chi connectivity index (χ1) is 7.85. The van der Waals surface area contributed by atoms with Crippen molar-refractivity contribution in [3.8, 4) is 0 Å². The summed E-state index contributed by atoms with van der Waals surface area (Å²) in [5.41, 5.74) is 0.803. The standard InChI is InChI=1S/C13H17Br2NO/c1-4-13(2,3)8-16-12(17)10-6-5-9(14)7-11(10)15/h5-7H,4,8H2,1-3H3,(H,16,17). The first-order valence-electron chi connectivity index (χ1n) is 5.59. The molecule has 0 aromatic heterocycles. The molecule has 0 unspecified atom stereocenters. The summed E-state index contributed by atoms with van der Waals surface area (Å²) in [4.78, 5) is 12.0. The van der Waals surface area contributed by atoms with Crippen LogP contribution >= 0.6 is 31.9 Å². The summed E-state index contributed by atoms with van der Waals surface area (Å²) < 4.78 is 1.76. The van der Waals surface area contributed by atoms with E-state index in [1.807, 2.05) is 18.2 Å². The molecular formula is C13H17Br2NO. The van der Waals surface area contributed by atoms with E-state index in [0.29, 0.717) is 12.1 Å². The molecule has 1 aromatic rings. The van der Waals surface area contributed by atoms with E-state index in [-0.39, 0.29) is 11.3 Å². The van der Waals surface area contributed by atoms with E-state index < -0.39 is 0 Å². The van der Waals surface area contributed by atoms with Crippen LogP contribution in [0.2, 0.25) is 0 Å². The first-order valence-corrected chi connectivity index (χ1v) is 7.17. The minimum atomic E-state index is -0.0362. The van der Waals surface area contributed by atoms with E-state index in [1.54, 1.807) is 0 Å². The maximum absolute atomic E-state index is 12.0. The summed E-state index contributed by atoms with van der Waals surface area (Å²) in [6.45, 7) is 7.10. The van der Waals surface area contributed by atoms with Crippen molar-refractivity contribution < 1.29 is 4.79 Å². The molecule has 0 aliphatic heterocycles. The predicted octanol–water partition coefficient (Wildman–Crippen LogP) is 4.38. The van der Waals surface area contributed by atoms with Crippen molar-refractivity contribution >= 4 is 37.8 Å². The number of rotatable bonds is 4. The highest BCUT2D eigenvalue weighted by atomic mass is 79.9. The Balaban J connectivity index is 2.71. The number of hydrogen-bond donors (Lipinski definition) is 1. The van der Waals surface area contributed by atoms with Gasteiger partial charge in [-0.2, -0.15) is 0 Å². The lowest BCUT2D eigenvalue weighted by Crippen LogP contribution is -2.33. The first kappa shape index (κ1) is 14.7. The van der Waals surface area contributed by atoms with Crippen LogP contribution in [0.3, 0.4) is 0 Å². The zero-order valence-corrected chi connectivity index (χ0v) is 13.5. The van der Waals surface area contributed by atoms with Crippen LogP contribution in [0.25, 0.3) is 0 Å². The Labute approximate surface area is 119 Å². The molecule has 0 heterocycles. The fraction of sp³-hybridized carbons (Fsp3) is 0.462. The predicted molar refractivity (Wildman–Crippen MR) is 78.2 cm³/mol.